The minimum Gasteiger partial charge on any atom is -0.416 e. The van der Waals surface area contributed by atoms with Crippen LogP contribution in [0.25, 0.3) is 22.9 Å². The molecule has 4 rings (SSSR count). The van der Waals surface area contributed by atoms with Gasteiger partial charge in [-0.05, 0) is 25.0 Å². The van der Waals surface area contributed by atoms with Gasteiger partial charge in [-0.2, -0.15) is 0 Å². The first kappa shape index (κ1) is 12.1. The monoisotopic (exact) mass is 282 g/mol. The zero-order valence-electron chi connectivity index (χ0n) is 11.0. The van der Waals surface area contributed by atoms with Gasteiger partial charge in [0, 0.05) is 18.3 Å². The highest BCUT2D eigenvalue weighted by Crippen LogP contribution is 2.38. The molecule has 5 nitrogen and oxygen atoms in total. The number of aromatic nitrogens is 4. The molecule has 0 saturated heterocycles. The Morgan fingerprint density at radius 1 is 1.00 bits per heavy atom. The van der Waals surface area contributed by atoms with E-state index in [2.05, 4.69) is 20.2 Å². The van der Waals surface area contributed by atoms with Crippen molar-refractivity contribution in [2.45, 2.75) is 18.8 Å². The van der Waals surface area contributed by atoms with E-state index in [1.54, 1.807) is 30.6 Å². The molecular formula is C15H11FN4O. The first-order chi connectivity index (χ1) is 10.3. The molecule has 3 aromatic rings. The summed E-state index contributed by atoms with van der Waals surface area (Å²) in [6, 6.07) is 6.28. The second kappa shape index (κ2) is 4.73. The molecular weight excluding hydrogens is 271 g/mol. The Morgan fingerprint density at radius 2 is 1.71 bits per heavy atom. The Morgan fingerprint density at radius 3 is 2.43 bits per heavy atom. The maximum Gasteiger partial charge on any atom is 0.251 e. The summed E-state index contributed by atoms with van der Waals surface area (Å²) in [7, 11) is 0. The molecule has 6 heteroatoms. The van der Waals surface area contributed by atoms with Crippen molar-refractivity contribution in [3.63, 3.8) is 0 Å². The topological polar surface area (TPSA) is 64.7 Å². The Balaban J connectivity index is 1.66. The Bertz CT molecular complexity index is 780. The second-order valence-corrected chi connectivity index (χ2v) is 5.00. The molecule has 1 fully saturated rings. The van der Waals surface area contributed by atoms with E-state index in [-0.39, 0.29) is 17.3 Å². The summed E-state index contributed by atoms with van der Waals surface area (Å²) in [5, 5.41) is 7.81. The molecule has 21 heavy (non-hydrogen) atoms. The van der Waals surface area contributed by atoms with Crippen molar-refractivity contribution in [3.8, 4) is 22.9 Å². The van der Waals surface area contributed by atoms with Crippen molar-refractivity contribution >= 4 is 0 Å². The summed E-state index contributed by atoms with van der Waals surface area (Å²) in [4.78, 5) is 8.61. The maximum atomic E-state index is 13.7. The fourth-order valence-corrected chi connectivity index (χ4v) is 2.08. The SMILES string of the molecule is Fc1ccccc1-c1nnc(-c2cnc(C3CC3)nc2)o1. The molecule has 0 radical (unpaired) electrons. The van der Waals surface area contributed by atoms with Crippen molar-refractivity contribution < 1.29 is 8.81 Å². The van der Waals surface area contributed by atoms with Gasteiger partial charge in [0.25, 0.3) is 11.8 Å². The molecule has 0 spiro atoms. The number of hydrogen-bond acceptors (Lipinski definition) is 5. The van der Waals surface area contributed by atoms with E-state index in [4.69, 9.17) is 4.42 Å². The zero-order chi connectivity index (χ0) is 14.2. The first-order valence-electron chi connectivity index (χ1n) is 6.72. The number of benzene rings is 1. The van der Waals surface area contributed by atoms with Gasteiger partial charge in [-0.25, -0.2) is 14.4 Å². The van der Waals surface area contributed by atoms with Gasteiger partial charge in [0.1, 0.15) is 11.6 Å². The van der Waals surface area contributed by atoms with Crippen LogP contribution in [-0.4, -0.2) is 20.2 Å². The van der Waals surface area contributed by atoms with E-state index in [1.165, 1.54) is 6.07 Å². The molecule has 0 N–H and O–H groups in total. The summed E-state index contributed by atoms with van der Waals surface area (Å²) in [6.07, 6.45) is 5.63. The lowest BCUT2D eigenvalue weighted by molar-refractivity contribution is 0.570. The summed E-state index contributed by atoms with van der Waals surface area (Å²) >= 11 is 0. The molecule has 0 atom stereocenters. The quantitative estimate of drug-likeness (QED) is 0.738. The maximum absolute atomic E-state index is 13.7. The van der Waals surface area contributed by atoms with Crippen LogP contribution in [0.3, 0.4) is 0 Å². The van der Waals surface area contributed by atoms with Gasteiger partial charge in [-0.1, -0.05) is 12.1 Å². The molecule has 1 saturated carbocycles. The molecule has 0 amide bonds. The molecule has 0 aliphatic heterocycles. The third-order valence-electron chi connectivity index (χ3n) is 3.39. The normalized spacial score (nSPS) is 14.3. The van der Waals surface area contributed by atoms with Gasteiger partial charge < -0.3 is 4.42 Å². The van der Waals surface area contributed by atoms with E-state index in [0.717, 1.165) is 18.7 Å². The highest BCUT2D eigenvalue weighted by molar-refractivity contribution is 5.57. The lowest BCUT2D eigenvalue weighted by Crippen LogP contribution is -1.91. The second-order valence-electron chi connectivity index (χ2n) is 5.00. The van der Waals surface area contributed by atoms with Gasteiger partial charge in [0.15, 0.2) is 0 Å². The summed E-state index contributed by atoms with van der Waals surface area (Å²) in [6.45, 7) is 0. The average molecular weight is 282 g/mol. The minimum absolute atomic E-state index is 0.148. The summed E-state index contributed by atoms with van der Waals surface area (Å²) in [5.41, 5.74) is 0.918. The Kier molecular flexibility index (Phi) is 2.73. The summed E-state index contributed by atoms with van der Waals surface area (Å²) in [5.74, 6) is 1.39. The predicted octanol–water partition coefficient (Wildman–Crippen LogP) is 3.21. The van der Waals surface area contributed by atoms with Crippen molar-refractivity contribution in [1.29, 1.82) is 0 Å². The molecule has 2 aromatic heterocycles. The van der Waals surface area contributed by atoms with Crippen LogP contribution < -0.4 is 0 Å². The largest absolute Gasteiger partial charge is 0.416 e. The zero-order valence-corrected chi connectivity index (χ0v) is 11.0. The molecule has 1 aliphatic rings. The van der Waals surface area contributed by atoms with E-state index in [0.29, 0.717) is 11.5 Å². The number of nitrogens with zero attached hydrogens (tertiary/aromatic N) is 4. The summed E-state index contributed by atoms with van der Waals surface area (Å²) < 4.78 is 19.2. The number of halogens is 1. The lowest BCUT2D eigenvalue weighted by Gasteiger charge is -1.98. The van der Waals surface area contributed by atoms with Crippen molar-refractivity contribution in [2.24, 2.45) is 0 Å². The van der Waals surface area contributed by atoms with E-state index in [1.807, 2.05) is 0 Å². The van der Waals surface area contributed by atoms with Crippen LogP contribution in [-0.2, 0) is 0 Å². The minimum atomic E-state index is -0.395. The van der Waals surface area contributed by atoms with E-state index in [9.17, 15) is 4.39 Å². The first-order valence-corrected chi connectivity index (χ1v) is 6.72. The number of hydrogen-bond donors (Lipinski definition) is 0. The third kappa shape index (κ3) is 2.29. The Labute approximate surface area is 119 Å². The van der Waals surface area contributed by atoms with Crippen LogP contribution in [0.5, 0.6) is 0 Å². The standard InChI is InChI=1S/C15H11FN4O/c16-12-4-2-1-3-11(12)15-20-19-14(21-15)10-7-17-13(18-8-10)9-5-6-9/h1-4,7-9H,5-6H2. The smallest absolute Gasteiger partial charge is 0.251 e. The highest BCUT2D eigenvalue weighted by Gasteiger charge is 2.26. The molecule has 1 aromatic carbocycles. The van der Waals surface area contributed by atoms with Gasteiger partial charge in [0.2, 0.25) is 0 Å². The van der Waals surface area contributed by atoms with E-state index < -0.39 is 5.82 Å². The van der Waals surface area contributed by atoms with Crippen molar-refractivity contribution in [3.05, 3.63) is 48.3 Å². The van der Waals surface area contributed by atoms with Crippen LogP contribution in [0.15, 0.2) is 41.1 Å². The molecule has 104 valence electrons. The van der Waals surface area contributed by atoms with Crippen LogP contribution in [0.2, 0.25) is 0 Å². The van der Waals surface area contributed by atoms with Crippen LogP contribution in [0, 0.1) is 5.82 Å². The van der Waals surface area contributed by atoms with Crippen LogP contribution >= 0.6 is 0 Å². The molecule has 0 unspecified atom stereocenters. The van der Waals surface area contributed by atoms with Gasteiger partial charge in [0.05, 0.1) is 11.1 Å². The average Bonchev–Trinajstić information content (AvgIpc) is 3.26. The van der Waals surface area contributed by atoms with Crippen molar-refractivity contribution in [1.82, 2.24) is 20.2 Å². The lowest BCUT2D eigenvalue weighted by atomic mass is 10.2. The fourth-order valence-electron chi connectivity index (χ4n) is 2.08. The van der Waals surface area contributed by atoms with Crippen LogP contribution in [0.1, 0.15) is 24.6 Å². The molecule has 2 heterocycles. The number of rotatable bonds is 3. The Hall–Kier alpha value is -2.63. The highest BCUT2D eigenvalue weighted by atomic mass is 19.1. The fraction of sp³-hybridized carbons (Fsp3) is 0.200. The third-order valence-corrected chi connectivity index (χ3v) is 3.39. The van der Waals surface area contributed by atoms with Gasteiger partial charge >= 0.3 is 0 Å². The molecule has 1 aliphatic carbocycles. The van der Waals surface area contributed by atoms with E-state index >= 15 is 0 Å². The van der Waals surface area contributed by atoms with Crippen LogP contribution in [0.4, 0.5) is 4.39 Å². The van der Waals surface area contributed by atoms with Crippen molar-refractivity contribution in [2.75, 3.05) is 0 Å². The molecule has 0 bridgehead atoms. The predicted molar refractivity (Wildman–Crippen MR) is 72.7 cm³/mol. The van der Waals surface area contributed by atoms with Gasteiger partial charge in [-0.15, -0.1) is 10.2 Å². The van der Waals surface area contributed by atoms with Gasteiger partial charge in [-0.3, -0.25) is 0 Å².